The highest BCUT2D eigenvalue weighted by Gasteiger charge is 2.23. The van der Waals surface area contributed by atoms with Gasteiger partial charge in [0.05, 0.1) is 6.61 Å². The summed E-state index contributed by atoms with van der Waals surface area (Å²) in [7, 11) is 0. The second-order valence-electron chi connectivity index (χ2n) is 4.59. The molecule has 18 heavy (non-hydrogen) atoms. The van der Waals surface area contributed by atoms with Gasteiger partial charge in [-0.25, -0.2) is 4.79 Å². The third-order valence-electron chi connectivity index (χ3n) is 3.19. The van der Waals surface area contributed by atoms with Crippen LogP contribution in [-0.4, -0.2) is 24.5 Å². The molecule has 1 saturated carbocycles. The van der Waals surface area contributed by atoms with E-state index in [1.807, 2.05) is 0 Å². The van der Waals surface area contributed by atoms with Crippen molar-refractivity contribution in [2.24, 2.45) is 5.92 Å². The lowest BCUT2D eigenvalue weighted by Gasteiger charge is -2.09. The van der Waals surface area contributed by atoms with Crippen molar-refractivity contribution in [2.45, 2.75) is 19.3 Å². The molecule has 0 bridgehead atoms. The third kappa shape index (κ3) is 2.20. The summed E-state index contributed by atoms with van der Waals surface area (Å²) >= 11 is 0. The second-order valence-corrected chi connectivity index (χ2v) is 4.59. The predicted octanol–water partition coefficient (Wildman–Crippen LogP) is 2.29. The molecule has 1 heterocycles. The fourth-order valence-electron chi connectivity index (χ4n) is 1.95. The van der Waals surface area contributed by atoms with Crippen molar-refractivity contribution in [3.8, 4) is 17.2 Å². The van der Waals surface area contributed by atoms with E-state index in [0.29, 0.717) is 23.9 Å². The molecule has 96 valence electrons. The van der Waals surface area contributed by atoms with E-state index in [-0.39, 0.29) is 12.4 Å². The van der Waals surface area contributed by atoms with Crippen molar-refractivity contribution in [3.05, 3.63) is 17.7 Å². The van der Waals surface area contributed by atoms with Gasteiger partial charge in [-0.2, -0.15) is 0 Å². The van der Waals surface area contributed by atoms with Crippen LogP contribution in [0.1, 0.15) is 29.6 Å². The number of aromatic carboxylic acids is 1. The number of fused-ring (bicyclic) bond motifs is 1. The Morgan fingerprint density at radius 1 is 1.33 bits per heavy atom. The number of ether oxygens (including phenoxy) is 3. The Morgan fingerprint density at radius 2 is 2.06 bits per heavy atom. The van der Waals surface area contributed by atoms with Crippen LogP contribution in [0.4, 0.5) is 0 Å². The van der Waals surface area contributed by atoms with Gasteiger partial charge in [-0.15, -0.1) is 0 Å². The van der Waals surface area contributed by atoms with E-state index < -0.39 is 5.97 Å². The maximum atomic E-state index is 11.2. The summed E-state index contributed by atoms with van der Waals surface area (Å²) in [5, 5.41) is 9.14. The Bertz CT molecular complexity index is 479. The van der Waals surface area contributed by atoms with Crippen LogP contribution in [-0.2, 0) is 0 Å². The van der Waals surface area contributed by atoms with Gasteiger partial charge in [-0.3, -0.25) is 0 Å². The largest absolute Gasteiger partial charge is 0.493 e. The minimum atomic E-state index is -1.02. The van der Waals surface area contributed by atoms with E-state index in [2.05, 4.69) is 0 Å². The number of hydrogen-bond acceptors (Lipinski definition) is 4. The molecule has 5 nitrogen and oxygen atoms in total. The van der Waals surface area contributed by atoms with Crippen molar-refractivity contribution in [3.63, 3.8) is 0 Å². The van der Waals surface area contributed by atoms with Crippen LogP contribution < -0.4 is 14.2 Å². The fourth-order valence-corrected chi connectivity index (χ4v) is 1.95. The molecular weight excluding hydrogens is 236 g/mol. The molecule has 2 aliphatic rings. The van der Waals surface area contributed by atoms with Crippen molar-refractivity contribution >= 4 is 5.97 Å². The topological polar surface area (TPSA) is 65.0 Å². The molecule has 1 aromatic carbocycles. The minimum Gasteiger partial charge on any atom is -0.493 e. The van der Waals surface area contributed by atoms with Crippen molar-refractivity contribution in [2.75, 3.05) is 13.4 Å². The lowest BCUT2D eigenvalue weighted by molar-refractivity contribution is 0.0691. The summed E-state index contributed by atoms with van der Waals surface area (Å²) < 4.78 is 15.9. The van der Waals surface area contributed by atoms with Crippen LogP contribution in [0.25, 0.3) is 0 Å². The maximum absolute atomic E-state index is 11.2. The highest BCUT2D eigenvalue weighted by atomic mass is 16.7. The standard InChI is InChI=1S/C13H14O5/c14-13(15)9-5-11-12(18-7-17-11)6-10(9)16-4-3-8-1-2-8/h5-6,8H,1-4,7H2,(H,14,15). The van der Waals surface area contributed by atoms with Crippen LogP contribution in [0.2, 0.25) is 0 Å². The molecule has 0 amide bonds. The van der Waals surface area contributed by atoms with Gasteiger partial charge >= 0.3 is 5.97 Å². The Morgan fingerprint density at radius 3 is 2.72 bits per heavy atom. The summed E-state index contributed by atoms with van der Waals surface area (Å²) in [6.07, 6.45) is 3.50. The van der Waals surface area contributed by atoms with Crippen LogP contribution >= 0.6 is 0 Å². The highest BCUT2D eigenvalue weighted by Crippen LogP contribution is 2.38. The number of carbonyl (C=O) groups is 1. The summed E-state index contributed by atoms with van der Waals surface area (Å²) in [4.78, 5) is 11.2. The lowest BCUT2D eigenvalue weighted by Crippen LogP contribution is -2.05. The summed E-state index contributed by atoms with van der Waals surface area (Å²) in [6, 6.07) is 3.05. The van der Waals surface area contributed by atoms with E-state index in [1.165, 1.54) is 18.9 Å². The van der Waals surface area contributed by atoms with Gasteiger partial charge in [0.25, 0.3) is 0 Å². The van der Waals surface area contributed by atoms with E-state index in [9.17, 15) is 4.79 Å². The number of carboxylic acids is 1. The summed E-state index contributed by atoms with van der Waals surface area (Å²) in [5.74, 6) is 1.10. The molecule has 1 aliphatic carbocycles. The summed E-state index contributed by atoms with van der Waals surface area (Å²) in [5.41, 5.74) is 0.120. The highest BCUT2D eigenvalue weighted by molar-refractivity contribution is 5.92. The number of rotatable bonds is 5. The predicted molar refractivity (Wildman–Crippen MR) is 62.4 cm³/mol. The van der Waals surface area contributed by atoms with E-state index in [1.54, 1.807) is 6.07 Å². The molecule has 0 atom stereocenters. The van der Waals surface area contributed by atoms with Gasteiger partial charge in [0, 0.05) is 12.1 Å². The SMILES string of the molecule is O=C(O)c1cc2c(cc1OCCC1CC1)OCO2. The zero-order chi connectivity index (χ0) is 12.5. The molecule has 0 spiro atoms. The molecule has 3 rings (SSSR count). The van der Waals surface area contributed by atoms with Crippen molar-refractivity contribution in [1.82, 2.24) is 0 Å². The number of benzene rings is 1. The zero-order valence-electron chi connectivity index (χ0n) is 9.85. The summed E-state index contributed by atoms with van der Waals surface area (Å²) in [6.45, 7) is 0.671. The fraction of sp³-hybridized carbons (Fsp3) is 0.462. The normalized spacial score (nSPS) is 16.7. The van der Waals surface area contributed by atoms with Crippen molar-refractivity contribution < 1.29 is 24.1 Å². The average Bonchev–Trinajstić information content (AvgIpc) is 3.05. The third-order valence-corrected chi connectivity index (χ3v) is 3.19. The van der Waals surface area contributed by atoms with Crippen LogP contribution in [0.5, 0.6) is 17.2 Å². The number of carboxylic acid groups (broad SMARTS) is 1. The minimum absolute atomic E-state index is 0.120. The maximum Gasteiger partial charge on any atom is 0.339 e. The Hall–Kier alpha value is -1.91. The van der Waals surface area contributed by atoms with Crippen molar-refractivity contribution in [1.29, 1.82) is 0 Å². The lowest BCUT2D eigenvalue weighted by atomic mass is 10.1. The Balaban J connectivity index is 1.78. The van der Waals surface area contributed by atoms with Gasteiger partial charge < -0.3 is 19.3 Å². The average molecular weight is 250 g/mol. The van der Waals surface area contributed by atoms with Crippen LogP contribution in [0, 0.1) is 5.92 Å². The molecule has 1 aliphatic heterocycles. The van der Waals surface area contributed by atoms with Gasteiger partial charge in [-0.05, 0) is 12.3 Å². The van der Waals surface area contributed by atoms with Crippen LogP contribution in [0.15, 0.2) is 12.1 Å². The molecule has 0 radical (unpaired) electrons. The van der Waals surface area contributed by atoms with E-state index in [0.717, 1.165) is 12.3 Å². The van der Waals surface area contributed by atoms with Gasteiger partial charge in [-0.1, -0.05) is 12.8 Å². The first-order valence-corrected chi connectivity index (χ1v) is 6.04. The monoisotopic (exact) mass is 250 g/mol. The second kappa shape index (κ2) is 4.40. The molecule has 1 aromatic rings. The number of hydrogen-bond donors (Lipinski definition) is 1. The Kier molecular flexibility index (Phi) is 2.74. The van der Waals surface area contributed by atoms with E-state index in [4.69, 9.17) is 19.3 Å². The molecule has 1 N–H and O–H groups in total. The molecule has 1 fully saturated rings. The molecule has 5 heteroatoms. The molecular formula is C13H14O5. The first-order valence-electron chi connectivity index (χ1n) is 6.04. The van der Waals surface area contributed by atoms with Crippen LogP contribution in [0.3, 0.4) is 0 Å². The molecule has 0 saturated heterocycles. The van der Waals surface area contributed by atoms with E-state index >= 15 is 0 Å². The van der Waals surface area contributed by atoms with Gasteiger partial charge in [0.15, 0.2) is 11.5 Å². The first-order chi connectivity index (χ1) is 8.74. The van der Waals surface area contributed by atoms with Gasteiger partial charge in [0.1, 0.15) is 11.3 Å². The van der Waals surface area contributed by atoms with Gasteiger partial charge in [0.2, 0.25) is 6.79 Å². The smallest absolute Gasteiger partial charge is 0.339 e. The Labute approximate surface area is 104 Å². The zero-order valence-corrected chi connectivity index (χ0v) is 9.85. The molecule has 0 unspecified atom stereocenters. The quantitative estimate of drug-likeness (QED) is 0.868. The molecule has 0 aromatic heterocycles. The first kappa shape index (κ1) is 11.2.